The number of pyridine rings is 1. The summed E-state index contributed by atoms with van der Waals surface area (Å²) in [6, 6.07) is 13.1. The van der Waals surface area contributed by atoms with Crippen molar-refractivity contribution in [2.45, 2.75) is 44.7 Å². The molecule has 0 unspecified atom stereocenters. The zero-order valence-corrected chi connectivity index (χ0v) is 14.1. The van der Waals surface area contributed by atoms with Gasteiger partial charge in [-0.2, -0.15) is 0 Å². The van der Waals surface area contributed by atoms with E-state index in [1.165, 1.54) is 18.7 Å². The number of aromatic carboxylic acids is 1. The van der Waals surface area contributed by atoms with Crippen LogP contribution in [0.2, 0.25) is 0 Å². The highest BCUT2D eigenvalue weighted by molar-refractivity contribution is 5.95. The average Bonchev–Trinajstić information content (AvgIpc) is 2.67. The summed E-state index contributed by atoms with van der Waals surface area (Å²) in [6.07, 6.45) is 6.89. The fourth-order valence-electron chi connectivity index (χ4n) is 3.35. The van der Waals surface area contributed by atoms with Crippen LogP contribution in [0.5, 0.6) is 0 Å². The number of nitrogens with zero attached hydrogens (tertiary/aromatic N) is 2. The molecular weight excluding hydrogens is 316 g/mol. The largest absolute Gasteiger partial charge is 0.477 e. The summed E-state index contributed by atoms with van der Waals surface area (Å²) in [5.74, 6) is -1.17. The first-order chi connectivity index (χ1) is 12.1. The van der Waals surface area contributed by atoms with Gasteiger partial charge in [-0.1, -0.05) is 49.6 Å². The number of benzene rings is 1. The molecule has 1 aromatic carbocycles. The summed E-state index contributed by atoms with van der Waals surface area (Å²) >= 11 is 0. The van der Waals surface area contributed by atoms with Gasteiger partial charge in [-0.25, -0.2) is 9.78 Å². The molecule has 0 saturated heterocycles. The van der Waals surface area contributed by atoms with E-state index in [2.05, 4.69) is 4.98 Å². The van der Waals surface area contributed by atoms with Crippen LogP contribution in [0.15, 0.2) is 48.7 Å². The molecule has 2 aromatic rings. The number of hydrogen-bond acceptors (Lipinski definition) is 3. The Morgan fingerprint density at radius 1 is 1.04 bits per heavy atom. The lowest BCUT2D eigenvalue weighted by Crippen LogP contribution is -2.41. The molecule has 0 aliphatic heterocycles. The second-order valence-corrected chi connectivity index (χ2v) is 6.45. The van der Waals surface area contributed by atoms with Gasteiger partial charge in [0.05, 0.1) is 5.56 Å². The number of carbonyl (C=O) groups is 2. The van der Waals surface area contributed by atoms with Crippen LogP contribution >= 0.6 is 0 Å². The van der Waals surface area contributed by atoms with Gasteiger partial charge in [0.15, 0.2) is 0 Å². The maximum absolute atomic E-state index is 13.1. The van der Waals surface area contributed by atoms with Crippen LogP contribution in [0.1, 0.15) is 58.5 Å². The van der Waals surface area contributed by atoms with E-state index in [4.69, 9.17) is 5.11 Å². The highest BCUT2D eigenvalue weighted by Gasteiger charge is 2.26. The van der Waals surface area contributed by atoms with Crippen molar-refractivity contribution in [2.24, 2.45) is 0 Å². The van der Waals surface area contributed by atoms with Crippen molar-refractivity contribution in [1.82, 2.24) is 9.88 Å². The maximum Gasteiger partial charge on any atom is 0.354 e. The van der Waals surface area contributed by atoms with Crippen LogP contribution in [0, 0.1) is 0 Å². The van der Waals surface area contributed by atoms with Crippen molar-refractivity contribution in [3.63, 3.8) is 0 Å². The minimum Gasteiger partial charge on any atom is -0.477 e. The highest BCUT2D eigenvalue weighted by Crippen LogP contribution is 2.25. The van der Waals surface area contributed by atoms with Crippen LogP contribution in [-0.2, 0) is 6.54 Å². The van der Waals surface area contributed by atoms with E-state index in [1.807, 2.05) is 35.2 Å². The van der Waals surface area contributed by atoms with E-state index in [0.717, 1.165) is 31.2 Å². The van der Waals surface area contributed by atoms with Crippen LogP contribution in [0.3, 0.4) is 0 Å². The Morgan fingerprint density at radius 3 is 2.36 bits per heavy atom. The normalized spacial score (nSPS) is 14.9. The van der Waals surface area contributed by atoms with Crippen molar-refractivity contribution >= 4 is 11.9 Å². The second-order valence-electron chi connectivity index (χ2n) is 6.45. The Kier molecular flexibility index (Phi) is 5.43. The molecule has 0 bridgehead atoms. The molecule has 1 N–H and O–H groups in total. The molecule has 0 atom stereocenters. The molecule has 130 valence electrons. The molecule has 1 heterocycles. The topological polar surface area (TPSA) is 70.5 Å². The molecule has 1 saturated carbocycles. The van der Waals surface area contributed by atoms with Crippen molar-refractivity contribution in [1.29, 1.82) is 0 Å². The molecule has 1 aliphatic carbocycles. The van der Waals surface area contributed by atoms with Gasteiger partial charge in [0, 0.05) is 18.8 Å². The summed E-state index contributed by atoms with van der Waals surface area (Å²) < 4.78 is 0. The van der Waals surface area contributed by atoms with Crippen LogP contribution < -0.4 is 0 Å². The second kappa shape index (κ2) is 7.92. The summed E-state index contributed by atoms with van der Waals surface area (Å²) in [4.78, 5) is 29.8. The lowest BCUT2D eigenvalue weighted by atomic mass is 9.93. The van der Waals surface area contributed by atoms with E-state index < -0.39 is 5.97 Å². The standard InChI is InChI=1S/C20H22N2O3/c23-19(16-11-12-18(20(24)25)21-13-16)22(17-9-5-2-6-10-17)14-15-7-3-1-4-8-15/h1,3-4,7-8,11-13,17H,2,5-6,9-10,14H2,(H,24,25). The molecule has 5 heteroatoms. The predicted molar refractivity (Wildman–Crippen MR) is 94.4 cm³/mol. The minimum absolute atomic E-state index is 0.0520. The van der Waals surface area contributed by atoms with Gasteiger partial charge < -0.3 is 10.0 Å². The van der Waals surface area contributed by atoms with Gasteiger partial charge in [-0.15, -0.1) is 0 Å². The summed E-state index contributed by atoms with van der Waals surface area (Å²) in [5, 5.41) is 8.96. The molecule has 1 aliphatic rings. The number of amides is 1. The molecule has 25 heavy (non-hydrogen) atoms. The van der Waals surface area contributed by atoms with Gasteiger partial charge in [0.2, 0.25) is 0 Å². The van der Waals surface area contributed by atoms with Crippen molar-refractivity contribution in [2.75, 3.05) is 0 Å². The Balaban J connectivity index is 1.84. The van der Waals surface area contributed by atoms with Crippen LogP contribution in [0.4, 0.5) is 0 Å². The maximum atomic E-state index is 13.1. The van der Waals surface area contributed by atoms with E-state index in [0.29, 0.717) is 12.1 Å². The van der Waals surface area contributed by atoms with Gasteiger partial charge >= 0.3 is 5.97 Å². The van der Waals surface area contributed by atoms with E-state index in [-0.39, 0.29) is 17.6 Å². The number of rotatable bonds is 5. The fourth-order valence-corrected chi connectivity index (χ4v) is 3.35. The molecule has 1 aromatic heterocycles. The fraction of sp³-hybridized carbons (Fsp3) is 0.350. The Morgan fingerprint density at radius 2 is 1.76 bits per heavy atom. The van der Waals surface area contributed by atoms with Gasteiger partial charge in [-0.05, 0) is 30.5 Å². The van der Waals surface area contributed by atoms with Crippen molar-refractivity contribution in [3.05, 3.63) is 65.5 Å². The quantitative estimate of drug-likeness (QED) is 0.901. The van der Waals surface area contributed by atoms with Crippen molar-refractivity contribution in [3.8, 4) is 0 Å². The molecule has 0 radical (unpaired) electrons. The third kappa shape index (κ3) is 4.24. The van der Waals surface area contributed by atoms with Gasteiger partial charge in [0.25, 0.3) is 5.91 Å². The van der Waals surface area contributed by atoms with E-state index in [1.54, 1.807) is 6.07 Å². The summed E-state index contributed by atoms with van der Waals surface area (Å²) in [6.45, 7) is 0.561. The first kappa shape index (κ1) is 17.1. The first-order valence-electron chi connectivity index (χ1n) is 8.69. The molecule has 5 nitrogen and oxygen atoms in total. The van der Waals surface area contributed by atoms with Crippen molar-refractivity contribution < 1.29 is 14.7 Å². The van der Waals surface area contributed by atoms with Gasteiger partial charge in [-0.3, -0.25) is 4.79 Å². The number of carboxylic acid groups (broad SMARTS) is 1. The molecule has 3 rings (SSSR count). The Hall–Kier alpha value is -2.69. The molecular formula is C20H22N2O3. The number of carbonyl (C=O) groups excluding carboxylic acids is 1. The number of aromatic nitrogens is 1. The SMILES string of the molecule is O=C(O)c1ccc(C(=O)N(Cc2ccccc2)C2CCCCC2)cn1. The van der Waals surface area contributed by atoms with Crippen LogP contribution in [0.25, 0.3) is 0 Å². The Bertz CT molecular complexity index is 722. The average molecular weight is 338 g/mol. The molecule has 1 fully saturated rings. The lowest BCUT2D eigenvalue weighted by molar-refractivity contribution is 0.0611. The zero-order valence-electron chi connectivity index (χ0n) is 14.1. The van der Waals surface area contributed by atoms with Gasteiger partial charge in [0.1, 0.15) is 5.69 Å². The smallest absolute Gasteiger partial charge is 0.354 e. The monoisotopic (exact) mass is 338 g/mol. The third-order valence-electron chi connectivity index (χ3n) is 4.70. The zero-order chi connectivity index (χ0) is 17.6. The highest BCUT2D eigenvalue weighted by atomic mass is 16.4. The molecule has 0 spiro atoms. The lowest BCUT2D eigenvalue weighted by Gasteiger charge is -2.34. The first-order valence-corrected chi connectivity index (χ1v) is 8.69. The summed E-state index contributed by atoms with van der Waals surface area (Å²) in [7, 11) is 0. The summed E-state index contributed by atoms with van der Waals surface area (Å²) in [5.41, 5.74) is 1.48. The molecule has 1 amide bonds. The minimum atomic E-state index is -1.09. The van der Waals surface area contributed by atoms with E-state index in [9.17, 15) is 9.59 Å². The Labute approximate surface area is 147 Å². The number of hydrogen-bond donors (Lipinski definition) is 1. The van der Waals surface area contributed by atoms with E-state index >= 15 is 0 Å². The van der Waals surface area contributed by atoms with Crippen LogP contribution in [-0.4, -0.2) is 32.9 Å². The predicted octanol–water partition coefficient (Wildman–Crippen LogP) is 3.75. The third-order valence-corrected chi connectivity index (χ3v) is 4.70. The number of carboxylic acids is 1.